The number of hydrogen-bond acceptors (Lipinski definition) is 2. The van der Waals surface area contributed by atoms with Gasteiger partial charge in [-0.15, -0.1) is 0 Å². The standard InChI is InChI=1S/C11H17F3O2/c1-7(2)16-10(15)8-4-3-5-9(6-8)11(12,13)14/h7-9H,3-6H2,1-2H3. The molecule has 0 heterocycles. The van der Waals surface area contributed by atoms with Crippen LogP contribution in [-0.2, 0) is 9.53 Å². The van der Waals surface area contributed by atoms with E-state index in [0.717, 1.165) is 0 Å². The minimum Gasteiger partial charge on any atom is -0.463 e. The number of rotatable bonds is 2. The van der Waals surface area contributed by atoms with E-state index in [-0.39, 0.29) is 18.9 Å². The fraction of sp³-hybridized carbons (Fsp3) is 0.909. The SMILES string of the molecule is CC(C)OC(=O)C1CCCC(C(F)(F)F)C1. The second-order valence-electron chi connectivity index (χ2n) is 4.59. The zero-order chi connectivity index (χ0) is 12.3. The molecule has 0 saturated heterocycles. The summed E-state index contributed by atoms with van der Waals surface area (Å²) in [6.45, 7) is 3.39. The molecule has 0 N–H and O–H groups in total. The molecule has 0 aliphatic heterocycles. The van der Waals surface area contributed by atoms with Gasteiger partial charge in [-0.05, 0) is 33.1 Å². The Hall–Kier alpha value is -0.740. The molecular formula is C11H17F3O2. The van der Waals surface area contributed by atoms with Crippen LogP contribution in [0.3, 0.4) is 0 Å². The van der Waals surface area contributed by atoms with E-state index >= 15 is 0 Å². The summed E-state index contributed by atoms with van der Waals surface area (Å²) in [4.78, 5) is 11.5. The number of alkyl halides is 3. The summed E-state index contributed by atoms with van der Waals surface area (Å²) in [5, 5.41) is 0. The second-order valence-corrected chi connectivity index (χ2v) is 4.59. The Kier molecular flexibility index (Phi) is 4.21. The molecule has 0 spiro atoms. The molecule has 2 nitrogen and oxygen atoms in total. The van der Waals surface area contributed by atoms with Crippen molar-refractivity contribution in [1.82, 2.24) is 0 Å². The lowest BCUT2D eigenvalue weighted by Crippen LogP contribution is -2.33. The van der Waals surface area contributed by atoms with Crippen molar-refractivity contribution in [3.63, 3.8) is 0 Å². The predicted octanol–water partition coefficient (Wildman–Crippen LogP) is 3.31. The summed E-state index contributed by atoms with van der Waals surface area (Å²) in [5.41, 5.74) is 0. The van der Waals surface area contributed by atoms with Gasteiger partial charge in [-0.1, -0.05) is 6.42 Å². The Labute approximate surface area is 93.2 Å². The highest BCUT2D eigenvalue weighted by Crippen LogP contribution is 2.40. The lowest BCUT2D eigenvalue weighted by Gasteiger charge is -2.29. The molecule has 94 valence electrons. The van der Waals surface area contributed by atoms with Crippen LogP contribution >= 0.6 is 0 Å². The van der Waals surface area contributed by atoms with E-state index in [1.54, 1.807) is 13.8 Å². The van der Waals surface area contributed by atoms with E-state index in [1.807, 2.05) is 0 Å². The van der Waals surface area contributed by atoms with E-state index in [0.29, 0.717) is 12.8 Å². The van der Waals surface area contributed by atoms with Crippen LogP contribution in [0, 0.1) is 11.8 Å². The van der Waals surface area contributed by atoms with E-state index in [4.69, 9.17) is 4.74 Å². The zero-order valence-electron chi connectivity index (χ0n) is 9.51. The van der Waals surface area contributed by atoms with Gasteiger partial charge in [0.1, 0.15) is 0 Å². The molecule has 5 heteroatoms. The van der Waals surface area contributed by atoms with Gasteiger partial charge in [-0.3, -0.25) is 4.79 Å². The van der Waals surface area contributed by atoms with Crippen LogP contribution in [0.2, 0.25) is 0 Å². The largest absolute Gasteiger partial charge is 0.463 e. The lowest BCUT2D eigenvalue weighted by atomic mass is 9.81. The van der Waals surface area contributed by atoms with Gasteiger partial charge in [0.25, 0.3) is 0 Å². The summed E-state index contributed by atoms with van der Waals surface area (Å²) >= 11 is 0. The first-order chi connectivity index (χ1) is 7.30. The number of hydrogen-bond donors (Lipinski definition) is 0. The number of ether oxygens (including phenoxy) is 1. The van der Waals surface area contributed by atoms with Crippen LogP contribution in [0.15, 0.2) is 0 Å². The fourth-order valence-corrected chi connectivity index (χ4v) is 2.03. The molecular weight excluding hydrogens is 221 g/mol. The third-order valence-corrected chi connectivity index (χ3v) is 2.82. The monoisotopic (exact) mass is 238 g/mol. The molecule has 1 saturated carbocycles. The van der Waals surface area contributed by atoms with Crippen molar-refractivity contribution < 1.29 is 22.7 Å². The summed E-state index contributed by atoms with van der Waals surface area (Å²) < 4.78 is 42.4. The number of carbonyl (C=O) groups is 1. The topological polar surface area (TPSA) is 26.3 Å². The third-order valence-electron chi connectivity index (χ3n) is 2.82. The maximum absolute atomic E-state index is 12.5. The first kappa shape index (κ1) is 13.3. The number of halogens is 3. The molecule has 0 radical (unpaired) electrons. The zero-order valence-corrected chi connectivity index (χ0v) is 9.51. The lowest BCUT2D eigenvalue weighted by molar-refractivity contribution is -0.189. The first-order valence-electron chi connectivity index (χ1n) is 5.58. The highest BCUT2D eigenvalue weighted by Gasteiger charge is 2.43. The number of esters is 1. The summed E-state index contributed by atoms with van der Waals surface area (Å²) in [6, 6.07) is 0. The van der Waals surface area contributed by atoms with Crippen LogP contribution in [0.5, 0.6) is 0 Å². The van der Waals surface area contributed by atoms with E-state index in [1.165, 1.54) is 0 Å². The van der Waals surface area contributed by atoms with Gasteiger partial charge in [0.2, 0.25) is 0 Å². The first-order valence-corrected chi connectivity index (χ1v) is 5.58. The van der Waals surface area contributed by atoms with Crippen LogP contribution in [0.4, 0.5) is 13.2 Å². The third kappa shape index (κ3) is 3.68. The Bertz CT molecular complexity index is 248. The van der Waals surface area contributed by atoms with Crippen LogP contribution in [0.1, 0.15) is 39.5 Å². The summed E-state index contributed by atoms with van der Waals surface area (Å²) in [6.07, 6.45) is -3.47. The molecule has 2 atom stereocenters. The number of carbonyl (C=O) groups excluding carboxylic acids is 1. The highest BCUT2D eigenvalue weighted by molar-refractivity contribution is 5.72. The molecule has 1 aliphatic rings. The minimum absolute atomic E-state index is 0.116. The van der Waals surface area contributed by atoms with E-state index in [9.17, 15) is 18.0 Å². The van der Waals surface area contributed by atoms with Crippen molar-refractivity contribution in [2.24, 2.45) is 11.8 Å². The van der Waals surface area contributed by atoms with Gasteiger partial charge in [-0.2, -0.15) is 13.2 Å². The van der Waals surface area contributed by atoms with E-state index < -0.39 is 24.0 Å². The molecule has 1 aliphatic carbocycles. The van der Waals surface area contributed by atoms with Crippen molar-refractivity contribution in [3.8, 4) is 0 Å². The summed E-state index contributed by atoms with van der Waals surface area (Å²) in [7, 11) is 0. The average Bonchev–Trinajstić information content (AvgIpc) is 2.15. The van der Waals surface area contributed by atoms with E-state index in [2.05, 4.69) is 0 Å². The highest BCUT2D eigenvalue weighted by atomic mass is 19.4. The molecule has 16 heavy (non-hydrogen) atoms. The fourth-order valence-electron chi connectivity index (χ4n) is 2.03. The molecule has 1 fully saturated rings. The van der Waals surface area contributed by atoms with Crippen LogP contribution < -0.4 is 0 Å². The average molecular weight is 238 g/mol. The Morgan fingerprint density at radius 1 is 1.31 bits per heavy atom. The molecule has 0 aromatic heterocycles. The van der Waals surface area contributed by atoms with Crippen molar-refractivity contribution in [2.75, 3.05) is 0 Å². The second kappa shape index (κ2) is 5.06. The van der Waals surface area contributed by atoms with Crippen molar-refractivity contribution in [2.45, 2.75) is 51.8 Å². The quantitative estimate of drug-likeness (QED) is 0.690. The maximum Gasteiger partial charge on any atom is 0.391 e. The molecule has 1 rings (SSSR count). The van der Waals surface area contributed by atoms with Gasteiger partial charge in [0.15, 0.2) is 0 Å². The maximum atomic E-state index is 12.5. The Morgan fingerprint density at radius 3 is 2.44 bits per heavy atom. The Morgan fingerprint density at radius 2 is 1.94 bits per heavy atom. The molecule has 2 unspecified atom stereocenters. The predicted molar refractivity (Wildman–Crippen MR) is 52.7 cm³/mol. The molecule has 0 aromatic carbocycles. The summed E-state index contributed by atoms with van der Waals surface area (Å²) in [5.74, 6) is -2.40. The smallest absolute Gasteiger partial charge is 0.391 e. The van der Waals surface area contributed by atoms with Gasteiger partial charge >= 0.3 is 12.1 Å². The minimum atomic E-state index is -4.18. The van der Waals surface area contributed by atoms with Crippen molar-refractivity contribution in [1.29, 1.82) is 0 Å². The molecule has 0 aromatic rings. The van der Waals surface area contributed by atoms with Gasteiger partial charge in [0.05, 0.1) is 17.9 Å². The molecule has 0 bridgehead atoms. The van der Waals surface area contributed by atoms with Crippen molar-refractivity contribution in [3.05, 3.63) is 0 Å². The normalized spacial score (nSPS) is 26.9. The Balaban J connectivity index is 2.54. The molecule has 0 amide bonds. The van der Waals surface area contributed by atoms with Gasteiger partial charge < -0.3 is 4.74 Å². The van der Waals surface area contributed by atoms with Crippen molar-refractivity contribution >= 4 is 5.97 Å². The van der Waals surface area contributed by atoms with Crippen LogP contribution in [-0.4, -0.2) is 18.2 Å². The van der Waals surface area contributed by atoms with Gasteiger partial charge in [0, 0.05) is 0 Å². The van der Waals surface area contributed by atoms with Gasteiger partial charge in [-0.25, -0.2) is 0 Å². The van der Waals surface area contributed by atoms with Crippen LogP contribution in [0.25, 0.3) is 0 Å².